The van der Waals surface area contributed by atoms with Gasteiger partial charge in [0.25, 0.3) is 0 Å². The van der Waals surface area contributed by atoms with Gasteiger partial charge in [0.15, 0.2) is 0 Å². The third kappa shape index (κ3) is 34.9. The molecule has 0 saturated carbocycles. The molecule has 23 heavy (non-hydrogen) atoms. The molecule has 1 aromatic rings. The molecule has 2 radical (unpaired) electrons. The van der Waals surface area contributed by atoms with Gasteiger partial charge in [0.2, 0.25) is 0 Å². The minimum Gasteiger partial charge on any atom is -1.00 e. The maximum atomic E-state index is 6.94. The van der Waals surface area contributed by atoms with Crippen LogP contribution in [0.25, 0.3) is 11.5 Å². The fraction of sp³-hybridized carbons (Fsp3) is 0.706. The van der Waals surface area contributed by atoms with E-state index >= 15 is 0 Å². The van der Waals surface area contributed by atoms with Crippen molar-refractivity contribution in [2.45, 2.75) is 80.3 Å². The summed E-state index contributed by atoms with van der Waals surface area (Å²) in [6.45, 7) is 19.8. The van der Waals surface area contributed by atoms with Gasteiger partial charge in [0.1, 0.15) is 0 Å². The smallest absolute Gasteiger partial charge is 1.00 e. The average Bonchev–Trinajstić information content (AvgIpc) is 2.27. The quantitative estimate of drug-likeness (QED) is 0.391. The van der Waals surface area contributed by atoms with Crippen molar-refractivity contribution < 1.29 is 46.5 Å². The topological polar surface area (TPSA) is 47.6 Å². The van der Waals surface area contributed by atoms with Crippen LogP contribution >= 0.6 is 0 Å². The summed E-state index contributed by atoms with van der Waals surface area (Å²) >= 11 is 0. The van der Waals surface area contributed by atoms with Gasteiger partial charge in [0, 0.05) is 0 Å². The van der Waals surface area contributed by atoms with Gasteiger partial charge in [-0.2, -0.15) is 28.3 Å². The molecule has 0 amide bonds. The van der Waals surface area contributed by atoms with Crippen LogP contribution in [0.2, 0.25) is 0 Å². The van der Waals surface area contributed by atoms with Crippen molar-refractivity contribution in [3.8, 4) is 0 Å². The summed E-state index contributed by atoms with van der Waals surface area (Å²) in [5.74, 6) is 0. The van der Waals surface area contributed by atoms with E-state index in [2.05, 4.69) is 33.8 Å². The van der Waals surface area contributed by atoms with Crippen LogP contribution in [0, 0.1) is 27.7 Å². The summed E-state index contributed by atoms with van der Waals surface area (Å²) in [5, 5.41) is 0. The molecule has 2 N–H and O–H groups in total. The van der Waals surface area contributed by atoms with Crippen LogP contribution in [-0.4, -0.2) is 22.0 Å². The van der Waals surface area contributed by atoms with Crippen molar-refractivity contribution in [3.63, 3.8) is 0 Å². The van der Waals surface area contributed by atoms with E-state index in [1.54, 1.807) is 0 Å². The number of hydrogen-bond donors (Lipinski definition) is 0. The third-order valence-corrected chi connectivity index (χ3v) is 2.18. The molecule has 0 unspecified atom stereocenters. The van der Waals surface area contributed by atoms with E-state index in [1.807, 2.05) is 41.5 Å². The van der Waals surface area contributed by atoms with Gasteiger partial charge in [-0.05, 0) is 11.0 Å². The molecule has 0 atom stereocenters. The third-order valence-electron chi connectivity index (χ3n) is 2.18. The molecule has 0 fully saturated rings. The van der Waals surface area contributed by atoms with E-state index < -0.39 is 0 Å². The average molecular weight is 415 g/mol. The Kier molecular flexibility index (Phi) is 27.6. The zero-order valence-electron chi connectivity index (χ0n) is 16.8. The Morgan fingerprint density at radius 3 is 1.09 bits per heavy atom. The second kappa shape index (κ2) is 16.3. The fourth-order valence-corrected chi connectivity index (χ4v) is 1.13. The van der Waals surface area contributed by atoms with Crippen LogP contribution in [0.15, 0.2) is 6.07 Å². The molecule has 0 bridgehead atoms. The zero-order valence-corrected chi connectivity index (χ0v) is 21.9. The van der Waals surface area contributed by atoms with Gasteiger partial charge in [-0.1, -0.05) is 69.2 Å². The van der Waals surface area contributed by atoms with E-state index in [9.17, 15) is 0 Å². The van der Waals surface area contributed by atoms with Gasteiger partial charge in [-0.25, -0.2) is 0 Å². The summed E-state index contributed by atoms with van der Waals surface area (Å²) in [5.41, 5.74) is 19.1. The van der Waals surface area contributed by atoms with Gasteiger partial charge in [-0.3, -0.25) is 0 Å². The SMILES string of the molecule is CC(C)(C)[NH-].CC(C)(C)[NH-].Cc1c[c-](C)c(C)c1C.[Cl-].[Cl-].[SiH3].[Ti+3]. The largest absolute Gasteiger partial charge is 3.00 e. The molecule has 0 aliphatic heterocycles. The maximum absolute atomic E-state index is 6.94. The minimum absolute atomic E-state index is 0. The first kappa shape index (κ1) is 39.0. The Morgan fingerprint density at radius 1 is 0.826 bits per heavy atom. The van der Waals surface area contributed by atoms with Crippen LogP contribution in [0.5, 0.6) is 0 Å². The molecular weight excluding hydrogens is 379 g/mol. The van der Waals surface area contributed by atoms with Crippen LogP contribution in [0.4, 0.5) is 0 Å². The second-order valence-corrected chi connectivity index (χ2v) is 7.26. The first-order chi connectivity index (χ1) is 8.13. The Hall–Kier alpha value is 0.781. The van der Waals surface area contributed by atoms with E-state index in [0.717, 1.165) is 0 Å². The Bertz CT molecular complexity index is 335. The number of rotatable bonds is 0. The molecule has 138 valence electrons. The zero-order chi connectivity index (χ0) is 16.0. The number of hydrogen-bond acceptors (Lipinski definition) is 0. The molecule has 1 rings (SSSR count). The molecule has 6 heteroatoms. The molecule has 0 spiro atoms. The van der Waals surface area contributed by atoms with Gasteiger partial charge in [0.05, 0.1) is 0 Å². The number of nitrogens with one attached hydrogen (secondary N) is 2. The summed E-state index contributed by atoms with van der Waals surface area (Å²) in [6, 6.07) is 2.24. The molecule has 0 aliphatic carbocycles. The monoisotopic (exact) mass is 414 g/mol. The standard InChI is InChI=1S/C9H13.2C4H10N.2ClH.H3Si.Ti/c1-6-5-7(2)9(4)8(6)3;2*1-4(2,3)5;;;;/h5H,1-4H3;2*5H,1-3H3;2*1H;1H3;/q3*-1;;;;+3/p-2. The predicted octanol–water partition coefficient (Wildman–Crippen LogP) is -0.865. The van der Waals surface area contributed by atoms with Crippen molar-refractivity contribution >= 4 is 11.0 Å². The van der Waals surface area contributed by atoms with Crippen LogP contribution in [0.3, 0.4) is 0 Å². The first-order valence-electron chi connectivity index (χ1n) is 6.83. The fourth-order valence-electron chi connectivity index (χ4n) is 1.13. The van der Waals surface area contributed by atoms with Crippen molar-refractivity contribution in [2.24, 2.45) is 0 Å². The molecule has 2 nitrogen and oxygen atoms in total. The molecule has 0 aliphatic rings. The predicted molar refractivity (Wildman–Crippen MR) is 99.1 cm³/mol. The van der Waals surface area contributed by atoms with E-state index in [1.165, 1.54) is 22.3 Å². The Balaban J connectivity index is -0.0000000462. The molecule has 0 saturated heterocycles. The molecule has 0 heterocycles. The Labute approximate surface area is 177 Å². The van der Waals surface area contributed by atoms with Gasteiger partial charge in [-0.15, -0.1) is 11.1 Å². The normalized spacial score (nSPS) is 9.22. The first-order valence-corrected chi connectivity index (χ1v) is 6.83. The van der Waals surface area contributed by atoms with Gasteiger partial charge < -0.3 is 36.3 Å². The van der Waals surface area contributed by atoms with E-state index in [0.29, 0.717) is 0 Å². The summed E-state index contributed by atoms with van der Waals surface area (Å²) in [4.78, 5) is 0. The summed E-state index contributed by atoms with van der Waals surface area (Å²) in [6.07, 6.45) is 0. The number of halogens is 2. The van der Waals surface area contributed by atoms with Gasteiger partial charge >= 0.3 is 21.7 Å². The Morgan fingerprint density at radius 2 is 1.04 bits per heavy atom. The van der Waals surface area contributed by atoms with Crippen molar-refractivity contribution in [3.05, 3.63) is 39.8 Å². The van der Waals surface area contributed by atoms with Crippen molar-refractivity contribution in [2.75, 3.05) is 0 Å². The van der Waals surface area contributed by atoms with Crippen molar-refractivity contribution in [1.29, 1.82) is 0 Å². The molecule has 1 aromatic carbocycles. The van der Waals surface area contributed by atoms with Crippen molar-refractivity contribution in [1.82, 2.24) is 0 Å². The maximum Gasteiger partial charge on any atom is 3.00 e. The van der Waals surface area contributed by atoms with Crippen LogP contribution < -0.4 is 24.8 Å². The number of aryl methyl sites for hydroxylation is 2. The van der Waals surface area contributed by atoms with E-state index in [4.69, 9.17) is 11.5 Å². The molecule has 0 aromatic heterocycles. The second-order valence-electron chi connectivity index (χ2n) is 7.26. The van der Waals surface area contributed by atoms with Crippen LogP contribution in [0.1, 0.15) is 63.8 Å². The van der Waals surface area contributed by atoms with E-state index in [-0.39, 0.29) is 68.6 Å². The molecular formula is C17H36Cl2N2SiTi-2. The summed E-state index contributed by atoms with van der Waals surface area (Å²) in [7, 11) is 0. The minimum atomic E-state index is -0.250. The van der Waals surface area contributed by atoms with Crippen LogP contribution in [-0.2, 0) is 21.7 Å². The summed E-state index contributed by atoms with van der Waals surface area (Å²) < 4.78 is 0.